The third-order valence-corrected chi connectivity index (χ3v) is 5.70. The average Bonchev–Trinajstić information content (AvgIpc) is 3.27. The Hall–Kier alpha value is -2.58. The van der Waals surface area contributed by atoms with Crippen molar-refractivity contribution in [3.63, 3.8) is 0 Å². The van der Waals surface area contributed by atoms with E-state index >= 15 is 0 Å². The molecule has 29 heavy (non-hydrogen) atoms. The van der Waals surface area contributed by atoms with Crippen molar-refractivity contribution in [1.29, 1.82) is 0 Å². The van der Waals surface area contributed by atoms with Crippen LogP contribution in [0.25, 0.3) is 11.4 Å². The minimum absolute atomic E-state index is 0.0735. The molecule has 0 radical (unpaired) electrons. The minimum Gasteiger partial charge on any atom is -0.381 e. The summed E-state index contributed by atoms with van der Waals surface area (Å²) in [5, 5.41) is 10.9. The van der Waals surface area contributed by atoms with E-state index in [0.717, 1.165) is 69.4 Å². The second kappa shape index (κ2) is 8.84. The van der Waals surface area contributed by atoms with Gasteiger partial charge < -0.3 is 9.64 Å². The second-order valence-corrected chi connectivity index (χ2v) is 7.72. The molecule has 0 aliphatic carbocycles. The maximum Gasteiger partial charge on any atom is 0.269 e. The Balaban J connectivity index is 1.47. The fraction of sp³-hybridized carbons (Fsp3) is 0.524. The van der Waals surface area contributed by atoms with E-state index in [2.05, 4.69) is 27.8 Å². The molecule has 0 spiro atoms. The number of piperazine rings is 1. The molecule has 0 amide bonds. The van der Waals surface area contributed by atoms with Crippen molar-refractivity contribution in [2.45, 2.75) is 19.8 Å². The first-order valence-electron chi connectivity index (χ1n) is 10.3. The number of aryl methyl sites for hydroxylation is 1. The SMILES string of the molecule is CCc1cc(N2CCN(CC3CCOC3)CC2)nc(-c2ccc([N+](=O)[O-])cc2)n1. The molecule has 3 heterocycles. The van der Waals surface area contributed by atoms with Crippen LogP contribution < -0.4 is 4.90 Å². The van der Waals surface area contributed by atoms with Crippen LogP contribution in [0.1, 0.15) is 19.0 Å². The van der Waals surface area contributed by atoms with Crippen LogP contribution in [0.5, 0.6) is 0 Å². The van der Waals surface area contributed by atoms with Gasteiger partial charge in [-0.25, -0.2) is 9.97 Å². The van der Waals surface area contributed by atoms with E-state index in [1.807, 2.05) is 0 Å². The van der Waals surface area contributed by atoms with Crippen LogP contribution in [0, 0.1) is 16.0 Å². The van der Waals surface area contributed by atoms with E-state index < -0.39 is 4.92 Å². The first-order valence-corrected chi connectivity index (χ1v) is 10.3. The van der Waals surface area contributed by atoms with Gasteiger partial charge in [0, 0.05) is 68.8 Å². The summed E-state index contributed by atoms with van der Waals surface area (Å²) in [6, 6.07) is 8.51. The monoisotopic (exact) mass is 397 g/mol. The smallest absolute Gasteiger partial charge is 0.269 e. The summed E-state index contributed by atoms with van der Waals surface area (Å²) >= 11 is 0. The molecule has 154 valence electrons. The highest BCUT2D eigenvalue weighted by atomic mass is 16.6. The fourth-order valence-electron chi connectivity index (χ4n) is 3.94. The number of nitrogens with zero attached hydrogens (tertiary/aromatic N) is 5. The number of hydrogen-bond acceptors (Lipinski definition) is 7. The van der Waals surface area contributed by atoms with E-state index in [0.29, 0.717) is 11.7 Å². The molecule has 2 aliphatic heterocycles. The molecule has 8 heteroatoms. The van der Waals surface area contributed by atoms with Crippen LogP contribution in [-0.2, 0) is 11.2 Å². The van der Waals surface area contributed by atoms with E-state index in [4.69, 9.17) is 9.72 Å². The Morgan fingerprint density at radius 3 is 2.55 bits per heavy atom. The van der Waals surface area contributed by atoms with Gasteiger partial charge in [0.05, 0.1) is 11.5 Å². The number of non-ortho nitro benzene ring substituents is 1. The predicted molar refractivity (Wildman–Crippen MR) is 111 cm³/mol. The Kier molecular flexibility index (Phi) is 6.01. The molecule has 4 rings (SSSR count). The molecule has 1 aromatic heterocycles. The summed E-state index contributed by atoms with van der Waals surface area (Å²) in [5.41, 5.74) is 1.85. The van der Waals surface area contributed by atoms with Gasteiger partial charge in [-0.1, -0.05) is 6.92 Å². The molecular formula is C21H27N5O3. The molecule has 1 atom stereocenters. The summed E-state index contributed by atoms with van der Waals surface area (Å²) < 4.78 is 5.50. The zero-order valence-corrected chi connectivity index (χ0v) is 16.8. The van der Waals surface area contributed by atoms with Crippen LogP contribution in [0.3, 0.4) is 0 Å². The lowest BCUT2D eigenvalue weighted by molar-refractivity contribution is -0.384. The molecule has 2 fully saturated rings. The van der Waals surface area contributed by atoms with E-state index in [-0.39, 0.29) is 5.69 Å². The number of benzene rings is 1. The number of hydrogen-bond donors (Lipinski definition) is 0. The van der Waals surface area contributed by atoms with Crippen LogP contribution in [0.2, 0.25) is 0 Å². The van der Waals surface area contributed by atoms with E-state index in [9.17, 15) is 10.1 Å². The third-order valence-electron chi connectivity index (χ3n) is 5.70. The van der Waals surface area contributed by atoms with Crippen LogP contribution >= 0.6 is 0 Å². The lowest BCUT2D eigenvalue weighted by atomic mass is 10.1. The first-order chi connectivity index (χ1) is 14.1. The molecule has 0 bridgehead atoms. The van der Waals surface area contributed by atoms with Crippen molar-refractivity contribution in [1.82, 2.24) is 14.9 Å². The lowest BCUT2D eigenvalue weighted by Gasteiger charge is -2.36. The summed E-state index contributed by atoms with van der Waals surface area (Å²) in [7, 11) is 0. The van der Waals surface area contributed by atoms with Gasteiger partial charge in [0.25, 0.3) is 5.69 Å². The van der Waals surface area contributed by atoms with Gasteiger partial charge in [0.1, 0.15) is 5.82 Å². The normalized spacial score (nSPS) is 20.2. The molecule has 2 aromatic rings. The first kappa shape index (κ1) is 19.7. The average molecular weight is 397 g/mol. The number of nitro benzene ring substituents is 1. The number of rotatable bonds is 6. The standard InChI is InChI=1S/C21H27N5O3/c1-2-18-13-20(23-21(22-18)17-3-5-19(6-4-17)26(27)28)25-10-8-24(9-11-25)14-16-7-12-29-15-16/h3-6,13,16H,2,7-12,14-15H2,1H3. The van der Waals surface area contributed by atoms with Crippen LogP contribution in [0.15, 0.2) is 30.3 Å². The quantitative estimate of drug-likeness (QED) is 0.547. The topological polar surface area (TPSA) is 84.6 Å². The highest BCUT2D eigenvalue weighted by Crippen LogP contribution is 2.24. The molecule has 1 aromatic carbocycles. The predicted octanol–water partition coefficient (Wildman–Crippen LogP) is 2.77. The van der Waals surface area contributed by atoms with Crippen molar-refractivity contribution in [3.8, 4) is 11.4 Å². The summed E-state index contributed by atoms with van der Waals surface area (Å²) in [6.45, 7) is 8.91. The Morgan fingerprint density at radius 1 is 1.17 bits per heavy atom. The van der Waals surface area contributed by atoms with Crippen molar-refractivity contribution < 1.29 is 9.66 Å². The zero-order valence-electron chi connectivity index (χ0n) is 16.8. The fourth-order valence-corrected chi connectivity index (χ4v) is 3.94. The summed E-state index contributed by atoms with van der Waals surface area (Å²) in [4.78, 5) is 24.8. The van der Waals surface area contributed by atoms with Crippen molar-refractivity contribution >= 4 is 11.5 Å². The van der Waals surface area contributed by atoms with Crippen molar-refractivity contribution in [3.05, 3.63) is 46.1 Å². The van der Waals surface area contributed by atoms with Gasteiger partial charge in [0.2, 0.25) is 0 Å². The maximum absolute atomic E-state index is 10.9. The summed E-state index contributed by atoms with van der Waals surface area (Å²) in [6.07, 6.45) is 1.99. The number of ether oxygens (including phenoxy) is 1. The molecule has 2 saturated heterocycles. The highest BCUT2D eigenvalue weighted by Gasteiger charge is 2.24. The van der Waals surface area contributed by atoms with Crippen LogP contribution in [-0.4, -0.2) is 65.7 Å². The van der Waals surface area contributed by atoms with Gasteiger partial charge in [-0.2, -0.15) is 0 Å². The summed E-state index contributed by atoms with van der Waals surface area (Å²) in [5.74, 6) is 2.23. The Morgan fingerprint density at radius 2 is 1.93 bits per heavy atom. The van der Waals surface area contributed by atoms with Crippen molar-refractivity contribution in [2.24, 2.45) is 5.92 Å². The lowest BCUT2D eigenvalue weighted by Crippen LogP contribution is -2.48. The van der Waals surface area contributed by atoms with Gasteiger partial charge in [-0.15, -0.1) is 0 Å². The second-order valence-electron chi connectivity index (χ2n) is 7.72. The van der Waals surface area contributed by atoms with Gasteiger partial charge in [-0.05, 0) is 30.9 Å². The van der Waals surface area contributed by atoms with Gasteiger partial charge in [-0.3, -0.25) is 15.0 Å². The molecule has 8 nitrogen and oxygen atoms in total. The zero-order chi connectivity index (χ0) is 20.2. The van der Waals surface area contributed by atoms with E-state index in [1.54, 1.807) is 12.1 Å². The number of anilines is 1. The third kappa shape index (κ3) is 4.71. The van der Waals surface area contributed by atoms with Gasteiger partial charge >= 0.3 is 0 Å². The van der Waals surface area contributed by atoms with Gasteiger partial charge in [0.15, 0.2) is 5.82 Å². The molecular weight excluding hydrogens is 370 g/mol. The maximum atomic E-state index is 10.9. The number of aromatic nitrogens is 2. The molecule has 0 N–H and O–H groups in total. The highest BCUT2D eigenvalue weighted by molar-refractivity contribution is 5.60. The Bertz CT molecular complexity index is 844. The van der Waals surface area contributed by atoms with E-state index in [1.165, 1.54) is 18.6 Å². The number of nitro groups is 1. The van der Waals surface area contributed by atoms with Crippen molar-refractivity contribution in [2.75, 3.05) is 50.8 Å². The minimum atomic E-state index is -0.393. The largest absolute Gasteiger partial charge is 0.381 e. The molecule has 1 unspecified atom stereocenters. The Labute approximate surface area is 170 Å². The molecule has 0 saturated carbocycles. The van der Waals surface area contributed by atoms with Crippen LogP contribution in [0.4, 0.5) is 11.5 Å². The molecule has 2 aliphatic rings.